The van der Waals surface area contributed by atoms with Crippen molar-refractivity contribution in [3.05, 3.63) is 47.5 Å². The molecule has 1 fully saturated rings. The van der Waals surface area contributed by atoms with Crippen molar-refractivity contribution in [3.63, 3.8) is 0 Å². The van der Waals surface area contributed by atoms with Gasteiger partial charge in [0.05, 0.1) is 0 Å². The van der Waals surface area contributed by atoms with Gasteiger partial charge in [0, 0.05) is 18.4 Å². The smallest absolute Gasteiger partial charge is 0.153 e. The van der Waals surface area contributed by atoms with Gasteiger partial charge in [0.25, 0.3) is 0 Å². The van der Waals surface area contributed by atoms with Crippen LogP contribution in [0.25, 0.3) is 0 Å². The number of aromatic amines is 1. The minimum absolute atomic E-state index is 0.0701. The molecule has 94 valence electrons. The summed E-state index contributed by atoms with van der Waals surface area (Å²) in [5.74, 6) is 2.55. The van der Waals surface area contributed by atoms with Gasteiger partial charge in [0.15, 0.2) is 5.82 Å². The zero-order valence-electron chi connectivity index (χ0n) is 10.3. The summed E-state index contributed by atoms with van der Waals surface area (Å²) < 4.78 is 0. The van der Waals surface area contributed by atoms with Crippen molar-refractivity contribution in [3.8, 4) is 0 Å². The SMILES string of the molecule is NC(CCc1nc(C2CC2)n[nH]1)c1ccccc1. The number of rotatable bonds is 5. The maximum absolute atomic E-state index is 6.16. The van der Waals surface area contributed by atoms with Gasteiger partial charge in [0.2, 0.25) is 0 Å². The Morgan fingerprint density at radius 3 is 2.78 bits per heavy atom. The molecule has 3 rings (SSSR count). The number of nitrogens with zero attached hydrogens (tertiary/aromatic N) is 2. The molecule has 0 aliphatic heterocycles. The summed E-state index contributed by atoms with van der Waals surface area (Å²) in [6.45, 7) is 0. The second kappa shape index (κ2) is 4.90. The Hall–Kier alpha value is -1.68. The number of nitrogens with two attached hydrogens (primary N) is 1. The maximum atomic E-state index is 6.16. The van der Waals surface area contributed by atoms with Crippen LogP contribution in [-0.4, -0.2) is 15.2 Å². The van der Waals surface area contributed by atoms with Crippen molar-refractivity contribution < 1.29 is 0 Å². The number of aromatic nitrogens is 3. The van der Waals surface area contributed by atoms with Gasteiger partial charge in [-0.05, 0) is 24.8 Å². The van der Waals surface area contributed by atoms with Crippen molar-refractivity contribution in [1.29, 1.82) is 0 Å². The highest BCUT2D eigenvalue weighted by molar-refractivity contribution is 5.18. The third kappa shape index (κ3) is 2.59. The number of aryl methyl sites for hydroxylation is 1. The van der Waals surface area contributed by atoms with E-state index in [0.717, 1.165) is 24.5 Å². The van der Waals surface area contributed by atoms with Crippen LogP contribution >= 0.6 is 0 Å². The molecular formula is C14H18N4. The van der Waals surface area contributed by atoms with Crippen molar-refractivity contribution in [2.24, 2.45) is 5.73 Å². The fourth-order valence-corrected chi connectivity index (χ4v) is 2.11. The largest absolute Gasteiger partial charge is 0.324 e. The Labute approximate surface area is 107 Å². The topological polar surface area (TPSA) is 67.6 Å². The number of benzene rings is 1. The summed E-state index contributed by atoms with van der Waals surface area (Å²) in [7, 11) is 0. The lowest BCUT2D eigenvalue weighted by Gasteiger charge is -2.10. The Bertz CT molecular complexity index is 502. The summed E-state index contributed by atoms with van der Waals surface area (Å²) in [5.41, 5.74) is 7.34. The molecule has 1 aliphatic rings. The van der Waals surface area contributed by atoms with Crippen LogP contribution < -0.4 is 5.73 Å². The van der Waals surface area contributed by atoms with Gasteiger partial charge in [-0.25, -0.2) is 4.98 Å². The van der Waals surface area contributed by atoms with E-state index in [2.05, 4.69) is 27.3 Å². The molecule has 0 radical (unpaired) electrons. The molecular weight excluding hydrogens is 224 g/mol. The number of hydrogen-bond acceptors (Lipinski definition) is 3. The van der Waals surface area contributed by atoms with Gasteiger partial charge < -0.3 is 5.73 Å². The van der Waals surface area contributed by atoms with E-state index in [1.165, 1.54) is 18.4 Å². The van der Waals surface area contributed by atoms with E-state index in [9.17, 15) is 0 Å². The van der Waals surface area contributed by atoms with Crippen LogP contribution in [0, 0.1) is 0 Å². The van der Waals surface area contributed by atoms with Gasteiger partial charge in [-0.1, -0.05) is 30.3 Å². The lowest BCUT2D eigenvalue weighted by atomic mass is 10.0. The predicted octanol–water partition coefficient (Wildman–Crippen LogP) is 2.31. The molecule has 18 heavy (non-hydrogen) atoms. The molecule has 1 aromatic carbocycles. The van der Waals surface area contributed by atoms with Crippen molar-refractivity contribution in [2.45, 2.75) is 37.6 Å². The van der Waals surface area contributed by atoms with Crippen LogP contribution in [-0.2, 0) is 6.42 Å². The number of nitrogens with one attached hydrogen (secondary N) is 1. The quantitative estimate of drug-likeness (QED) is 0.845. The molecule has 2 aromatic rings. The predicted molar refractivity (Wildman–Crippen MR) is 70.0 cm³/mol. The molecule has 1 heterocycles. The minimum atomic E-state index is 0.0701. The summed E-state index contributed by atoms with van der Waals surface area (Å²) in [6.07, 6.45) is 4.22. The zero-order valence-corrected chi connectivity index (χ0v) is 10.3. The van der Waals surface area contributed by atoms with E-state index in [-0.39, 0.29) is 6.04 Å². The molecule has 3 N–H and O–H groups in total. The zero-order chi connectivity index (χ0) is 12.4. The first-order valence-electron chi connectivity index (χ1n) is 6.54. The molecule has 0 saturated heterocycles. The first-order valence-corrected chi connectivity index (χ1v) is 6.54. The second-order valence-corrected chi connectivity index (χ2v) is 4.97. The fourth-order valence-electron chi connectivity index (χ4n) is 2.11. The van der Waals surface area contributed by atoms with E-state index in [0.29, 0.717) is 5.92 Å². The van der Waals surface area contributed by atoms with E-state index in [1.807, 2.05) is 18.2 Å². The van der Waals surface area contributed by atoms with Crippen molar-refractivity contribution >= 4 is 0 Å². The van der Waals surface area contributed by atoms with E-state index < -0.39 is 0 Å². The maximum Gasteiger partial charge on any atom is 0.153 e. The Morgan fingerprint density at radius 1 is 1.28 bits per heavy atom. The number of H-pyrrole nitrogens is 1. The first kappa shape index (κ1) is 11.4. The first-order chi connectivity index (χ1) is 8.83. The lowest BCUT2D eigenvalue weighted by molar-refractivity contribution is 0.635. The van der Waals surface area contributed by atoms with Gasteiger partial charge >= 0.3 is 0 Å². The third-order valence-corrected chi connectivity index (χ3v) is 3.41. The van der Waals surface area contributed by atoms with Gasteiger partial charge in [-0.15, -0.1) is 0 Å². The molecule has 0 spiro atoms. The van der Waals surface area contributed by atoms with Crippen LogP contribution in [0.3, 0.4) is 0 Å². The van der Waals surface area contributed by atoms with Gasteiger partial charge in [-0.2, -0.15) is 5.10 Å². The molecule has 0 bridgehead atoms. The van der Waals surface area contributed by atoms with Crippen LogP contribution in [0.2, 0.25) is 0 Å². The van der Waals surface area contributed by atoms with Crippen molar-refractivity contribution in [1.82, 2.24) is 15.2 Å². The van der Waals surface area contributed by atoms with Crippen molar-refractivity contribution in [2.75, 3.05) is 0 Å². The molecule has 1 unspecified atom stereocenters. The highest BCUT2D eigenvalue weighted by atomic mass is 15.2. The van der Waals surface area contributed by atoms with Crippen LogP contribution in [0.15, 0.2) is 30.3 Å². The Morgan fingerprint density at radius 2 is 2.06 bits per heavy atom. The molecule has 0 amide bonds. The monoisotopic (exact) mass is 242 g/mol. The van der Waals surface area contributed by atoms with E-state index in [1.54, 1.807) is 0 Å². The van der Waals surface area contributed by atoms with Gasteiger partial charge in [0.1, 0.15) is 5.82 Å². The average molecular weight is 242 g/mol. The minimum Gasteiger partial charge on any atom is -0.324 e. The van der Waals surface area contributed by atoms with Crippen LogP contribution in [0.4, 0.5) is 0 Å². The highest BCUT2D eigenvalue weighted by Gasteiger charge is 2.27. The molecule has 4 nitrogen and oxygen atoms in total. The summed E-state index contributed by atoms with van der Waals surface area (Å²) in [6, 6.07) is 10.3. The molecule has 1 atom stereocenters. The third-order valence-electron chi connectivity index (χ3n) is 3.41. The molecule has 1 aromatic heterocycles. The summed E-state index contributed by atoms with van der Waals surface area (Å²) in [4.78, 5) is 4.52. The van der Waals surface area contributed by atoms with Crippen LogP contribution in [0.1, 0.15) is 48.4 Å². The molecule has 4 heteroatoms. The highest BCUT2D eigenvalue weighted by Crippen LogP contribution is 2.37. The Balaban J connectivity index is 1.56. The van der Waals surface area contributed by atoms with E-state index in [4.69, 9.17) is 5.73 Å². The number of hydrogen-bond donors (Lipinski definition) is 2. The lowest BCUT2D eigenvalue weighted by Crippen LogP contribution is -2.11. The summed E-state index contributed by atoms with van der Waals surface area (Å²) in [5, 5.41) is 7.27. The Kier molecular flexibility index (Phi) is 3.11. The van der Waals surface area contributed by atoms with Gasteiger partial charge in [-0.3, -0.25) is 5.10 Å². The normalized spacial score (nSPS) is 16.7. The average Bonchev–Trinajstić information content (AvgIpc) is 3.16. The van der Waals surface area contributed by atoms with E-state index >= 15 is 0 Å². The second-order valence-electron chi connectivity index (χ2n) is 4.97. The standard InChI is InChI=1S/C14H18N4/c15-12(10-4-2-1-3-5-10)8-9-13-16-14(18-17-13)11-6-7-11/h1-5,11-12H,6-9,15H2,(H,16,17,18). The van der Waals surface area contributed by atoms with Crippen LogP contribution in [0.5, 0.6) is 0 Å². The molecule has 1 saturated carbocycles. The summed E-state index contributed by atoms with van der Waals surface area (Å²) >= 11 is 0. The fraction of sp³-hybridized carbons (Fsp3) is 0.429. The molecule has 1 aliphatic carbocycles.